The number of amides is 1. The van der Waals surface area contributed by atoms with Gasteiger partial charge in [-0.15, -0.1) is 5.10 Å². The van der Waals surface area contributed by atoms with Crippen molar-refractivity contribution in [2.75, 3.05) is 18.5 Å². The van der Waals surface area contributed by atoms with Gasteiger partial charge in [0.2, 0.25) is 0 Å². The van der Waals surface area contributed by atoms with Gasteiger partial charge >= 0.3 is 0 Å². The van der Waals surface area contributed by atoms with Crippen molar-refractivity contribution in [1.29, 1.82) is 0 Å². The normalized spacial score (nSPS) is 13.1. The number of hydrogen-bond donors (Lipinski definition) is 1. The van der Waals surface area contributed by atoms with Crippen LogP contribution in [0.4, 0.5) is 5.69 Å². The molecule has 3 aromatic rings. The highest BCUT2D eigenvalue weighted by Gasteiger charge is 2.18. The van der Waals surface area contributed by atoms with Gasteiger partial charge in [0.15, 0.2) is 17.3 Å². The van der Waals surface area contributed by atoms with Crippen LogP contribution in [0.5, 0.6) is 11.5 Å². The number of fused-ring (bicyclic) bond motifs is 1. The van der Waals surface area contributed by atoms with E-state index in [2.05, 4.69) is 20.8 Å². The SMILES string of the molecule is Cc1nnnn1-c1cccc(NC(=O)c2cc(Cl)c3c(c2)OCCCO3)c1. The molecule has 2 heterocycles. The van der Waals surface area contributed by atoms with E-state index in [1.807, 2.05) is 12.1 Å². The number of rotatable bonds is 3. The zero-order chi connectivity index (χ0) is 18.8. The Morgan fingerprint density at radius 2 is 2.07 bits per heavy atom. The number of ether oxygens (including phenoxy) is 2. The van der Waals surface area contributed by atoms with Gasteiger partial charge in [0.1, 0.15) is 0 Å². The molecule has 0 bridgehead atoms. The Labute approximate surface area is 160 Å². The minimum absolute atomic E-state index is 0.307. The van der Waals surface area contributed by atoms with E-state index in [1.54, 1.807) is 35.9 Å². The number of hydrogen-bond acceptors (Lipinski definition) is 6. The molecule has 1 aliphatic heterocycles. The molecule has 1 aromatic heterocycles. The Morgan fingerprint density at radius 1 is 1.22 bits per heavy atom. The van der Waals surface area contributed by atoms with E-state index >= 15 is 0 Å². The zero-order valence-corrected chi connectivity index (χ0v) is 15.2. The molecule has 9 heteroatoms. The van der Waals surface area contributed by atoms with E-state index in [4.69, 9.17) is 21.1 Å². The molecule has 0 atom stereocenters. The Kier molecular flexibility index (Phi) is 4.64. The molecule has 0 saturated carbocycles. The predicted octanol–water partition coefficient (Wildman–Crippen LogP) is 3.04. The van der Waals surface area contributed by atoms with Gasteiger partial charge in [0, 0.05) is 17.7 Å². The average Bonchev–Trinajstić information content (AvgIpc) is 2.94. The van der Waals surface area contributed by atoms with Crippen molar-refractivity contribution in [1.82, 2.24) is 20.2 Å². The third kappa shape index (κ3) is 3.56. The second-order valence-electron chi connectivity index (χ2n) is 5.98. The summed E-state index contributed by atoms with van der Waals surface area (Å²) in [6, 6.07) is 10.4. The van der Waals surface area contributed by atoms with Crippen molar-refractivity contribution in [3.05, 3.63) is 52.8 Å². The summed E-state index contributed by atoms with van der Waals surface area (Å²) in [6.45, 7) is 2.84. The highest BCUT2D eigenvalue weighted by Crippen LogP contribution is 2.38. The van der Waals surface area contributed by atoms with Gasteiger partial charge in [-0.1, -0.05) is 17.7 Å². The molecular weight excluding hydrogens is 370 g/mol. The first-order chi connectivity index (χ1) is 13.1. The van der Waals surface area contributed by atoms with Crippen LogP contribution in [0.3, 0.4) is 0 Å². The number of benzene rings is 2. The minimum atomic E-state index is -0.307. The van der Waals surface area contributed by atoms with E-state index in [0.717, 1.165) is 12.1 Å². The molecule has 138 valence electrons. The third-order valence-corrected chi connectivity index (χ3v) is 4.32. The highest BCUT2D eigenvalue weighted by molar-refractivity contribution is 6.32. The molecule has 1 aliphatic rings. The maximum absolute atomic E-state index is 12.7. The van der Waals surface area contributed by atoms with Crippen molar-refractivity contribution in [3.63, 3.8) is 0 Å². The van der Waals surface area contributed by atoms with Gasteiger partial charge in [-0.2, -0.15) is 4.68 Å². The summed E-state index contributed by atoms with van der Waals surface area (Å²) in [4.78, 5) is 12.7. The number of nitrogens with one attached hydrogen (secondary N) is 1. The van der Waals surface area contributed by atoms with Gasteiger partial charge in [-0.25, -0.2) is 0 Å². The molecule has 0 radical (unpaired) electrons. The molecule has 8 nitrogen and oxygen atoms in total. The van der Waals surface area contributed by atoms with Gasteiger partial charge in [0.25, 0.3) is 5.91 Å². The van der Waals surface area contributed by atoms with Crippen LogP contribution in [0.2, 0.25) is 5.02 Å². The second kappa shape index (κ2) is 7.24. The number of tetrazole rings is 1. The molecule has 27 heavy (non-hydrogen) atoms. The number of aryl methyl sites for hydroxylation is 1. The van der Waals surface area contributed by atoms with Crippen LogP contribution >= 0.6 is 11.6 Å². The molecule has 0 fully saturated rings. The predicted molar refractivity (Wildman–Crippen MR) is 98.9 cm³/mol. The molecule has 1 N–H and O–H groups in total. The standard InChI is InChI=1S/C18H16ClN5O3/c1-11-21-22-23-24(11)14-5-2-4-13(10-14)20-18(25)12-8-15(19)17-16(9-12)26-6-3-7-27-17/h2,4-5,8-10H,3,6-7H2,1H3,(H,20,25). The van der Waals surface area contributed by atoms with E-state index in [1.165, 1.54) is 0 Å². The summed E-state index contributed by atoms with van der Waals surface area (Å²) >= 11 is 6.27. The van der Waals surface area contributed by atoms with Gasteiger partial charge in [-0.05, 0) is 47.7 Å². The molecule has 0 unspecified atom stereocenters. The quantitative estimate of drug-likeness (QED) is 0.745. The lowest BCUT2D eigenvalue weighted by Crippen LogP contribution is -2.13. The molecule has 0 spiro atoms. The van der Waals surface area contributed by atoms with E-state index in [-0.39, 0.29) is 5.91 Å². The van der Waals surface area contributed by atoms with Crippen molar-refractivity contribution >= 4 is 23.2 Å². The van der Waals surface area contributed by atoms with Crippen molar-refractivity contribution < 1.29 is 14.3 Å². The molecule has 0 saturated heterocycles. The Hall–Kier alpha value is -3.13. The molecule has 0 aliphatic carbocycles. The summed E-state index contributed by atoms with van der Waals surface area (Å²) in [7, 11) is 0. The summed E-state index contributed by atoms with van der Waals surface area (Å²) in [6.07, 6.45) is 0.760. The summed E-state index contributed by atoms with van der Waals surface area (Å²) < 4.78 is 12.8. The van der Waals surface area contributed by atoms with E-state index in [0.29, 0.717) is 46.8 Å². The Bertz CT molecular complexity index is 1000. The number of halogens is 1. The second-order valence-corrected chi connectivity index (χ2v) is 6.39. The molecular formula is C18H16ClN5O3. The summed E-state index contributed by atoms with van der Waals surface area (Å²) in [5.41, 5.74) is 1.73. The molecule has 1 amide bonds. The van der Waals surface area contributed by atoms with Crippen LogP contribution in [0.25, 0.3) is 5.69 Å². The lowest BCUT2D eigenvalue weighted by atomic mass is 10.1. The maximum atomic E-state index is 12.7. The fourth-order valence-electron chi connectivity index (χ4n) is 2.75. The van der Waals surface area contributed by atoms with Crippen molar-refractivity contribution in [2.45, 2.75) is 13.3 Å². The average molecular weight is 386 g/mol. The fourth-order valence-corrected chi connectivity index (χ4v) is 3.02. The summed E-state index contributed by atoms with van der Waals surface area (Å²) in [5.74, 6) is 1.29. The van der Waals surface area contributed by atoms with Crippen LogP contribution < -0.4 is 14.8 Å². The van der Waals surface area contributed by atoms with E-state index in [9.17, 15) is 4.79 Å². The highest BCUT2D eigenvalue weighted by atomic mass is 35.5. The van der Waals surface area contributed by atoms with Crippen LogP contribution in [0.15, 0.2) is 36.4 Å². The molecule has 4 rings (SSSR count). The van der Waals surface area contributed by atoms with Crippen LogP contribution in [-0.4, -0.2) is 39.3 Å². The topological polar surface area (TPSA) is 91.2 Å². The number of carbonyl (C=O) groups excluding carboxylic acids is 1. The lowest BCUT2D eigenvalue weighted by Gasteiger charge is -2.12. The van der Waals surface area contributed by atoms with E-state index < -0.39 is 0 Å². The molecule has 2 aromatic carbocycles. The van der Waals surface area contributed by atoms with Crippen molar-refractivity contribution in [3.8, 4) is 17.2 Å². The van der Waals surface area contributed by atoms with Gasteiger partial charge in [-0.3, -0.25) is 4.79 Å². The first kappa shape index (κ1) is 17.3. The maximum Gasteiger partial charge on any atom is 0.255 e. The number of nitrogens with zero attached hydrogens (tertiary/aromatic N) is 4. The van der Waals surface area contributed by atoms with Crippen LogP contribution in [0, 0.1) is 6.92 Å². The lowest BCUT2D eigenvalue weighted by molar-refractivity contribution is 0.102. The van der Waals surface area contributed by atoms with Crippen LogP contribution in [0.1, 0.15) is 22.6 Å². The Morgan fingerprint density at radius 3 is 2.89 bits per heavy atom. The Balaban J connectivity index is 1.59. The minimum Gasteiger partial charge on any atom is -0.489 e. The third-order valence-electron chi connectivity index (χ3n) is 4.04. The zero-order valence-electron chi connectivity index (χ0n) is 14.5. The monoisotopic (exact) mass is 385 g/mol. The first-order valence-corrected chi connectivity index (χ1v) is 8.75. The van der Waals surface area contributed by atoms with Crippen molar-refractivity contribution in [2.24, 2.45) is 0 Å². The van der Waals surface area contributed by atoms with Crippen LogP contribution in [-0.2, 0) is 0 Å². The summed E-state index contributed by atoms with van der Waals surface area (Å²) in [5, 5.41) is 14.6. The number of carbonyl (C=O) groups is 1. The number of aromatic nitrogens is 4. The number of anilines is 1. The fraction of sp³-hybridized carbons (Fsp3) is 0.222. The van der Waals surface area contributed by atoms with Gasteiger partial charge < -0.3 is 14.8 Å². The van der Waals surface area contributed by atoms with Gasteiger partial charge in [0.05, 0.1) is 23.9 Å². The smallest absolute Gasteiger partial charge is 0.255 e. The largest absolute Gasteiger partial charge is 0.489 e. The first-order valence-electron chi connectivity index (χ1n) is 8.38.